The van der Waals surface area contributed by atoms with Gasteiger partial charge in [-0.1, -0.05) is 25.8 Å². The normalized spacial score (nSPS) is 23.4. The van der Waals surface area contributed by atoms with Crippen LogP contribution < -0.4 is 10.7 Å². The minimum atomic E-state index is -2.18. The molecule has 4 fully saturated rings. The highest BCUT2D eigenvalue weighted by atomic mass is 32.1. The van der Waals surface area contributed by atoms with Gasteiger partial charge in [0.2, 0.25) is 11.6 Å². The van der Waals surface area contributed by atoms with Crippen molar-refractivity contribution in [3.8, 4) is 34.4 Å². The SMILES string of the molecule is CCn1c(-c2cccnc2[C@H](C)OC)c2c3cc(ccc31)-c1csc(n1)C[C@H](NC(=O)C1(COC3CN(C(=O)C#CC(C)(C)N4CCC4)C3)CC1)C(=O)N1CCC[C@@](O)(N1)C(=O)OCC(C)(C)C2. The van der Waals surface area contributed by atoms with E-state index in [0.29, 0.717) is 50.3 Å². The van der Waals surface area contributed by atoms with Crippen LogP contribution in [0.15, 0.2) is 41.9 Å². The van der Waals surface area contributed by atoms with Gasteiger partial charge in [-0.3, -0.25) is 29.3 Å². The standard InChI is InChI=1S/C51H64N8O8S/c1-8-58-40-14-13-33-24-36(40)37(44(58)35-12-9-20-52-43(35)32(2)65-7)26-48(3,4)30-67-47(63)51(64)16-10-23-59(55-51)45(61)38(25-41-53-39(33)29-68-41)54-46(62)50(18-19-50)31-66-34-27-56(28-34)42(60)15-17-49(5,6)57-21-11-22-57/h9,12-14,20,24,29,32,34,38,55,64H,8,10-11,16,18-19,21-23,25-28,30-31H2,1-7H3,(H,54,62)/t32-,38-,51-/m0/s1. The molecule has 3 N–H and O–H groups in total. The number of rotatable bonds is 10. The molecule has 16 nitrogen and oxygen atoms in total. The molecular formula is C51H64N8O8S. The first-order chi connectivity index (χ1) is 32.4. The summed E-state index contributed by atoms with van der Waals surface area (Å²) in [7, 11) is 1.67. The number of hydrogen-bond acceptors (Lipinski definition) is 13. The first-order valence-electron chi connectivity index (χ1n) is 24.0. The highest BCUT2D eigenvalue weighted by Gasteiger charge is 2.53. The zero-order chi connectivity index (χ0) is 48.2. The number of methoxy groups -OCH3 is 1. The number of likely N-dealkylation sites (tertiary alicyclic amines) is 2. The van der Waals surface area contributed by atoms with E-state index in [4.69, 9.17) is 24.2 Å². The van der Waals surface area contributed by atoms with Gasteiger partial charge in [0.15, 0.2) is 0 Å². The maximum absolute atomic E-state index is 14.6. The van der Waals surface area contributed by atoms with Crippen molar-refractivity contribution >= 4 is 45.9 Å². The number of hydrogen-bond donors (Lipinski definition) is 3. The van der Waals surface area contributed by atoms with E-state index in [2.05, 4.69) is 63.2 Å². The van der Waals surface area contributed by atoms with E-state index in [0.717, 1.165) is 64.2 Å². The molecule has 0 radical (unpaired) electrons. The fourth-order valence-electron chi connectivity index (χ4n) is 9.73. The third-order valence-electron chi connectivity index (χ3n) is 14.4. The van der Waals surface area contributed by atoms with Crippen molar-refractivity contribution in [2.75, 3.05) is 53.0 Å². The van der Waals surface area contributed by atoms with Crippen molar-refractivity contribution in [3.63, 3.8) is 0 Å². The summed E-state index contributed by atoms with van der Waals surface area (Å²) in [5.41, 5.74) is 5.30. The van der Waals surface area contributed by atoms with E-state index in [9.17, 15) is 24.3 Å². The van der Waals surface area contributed by atoms with Crippen molar-refractivity contribution in [2.45, 2.75) is 123 Å². The summed E-state index contributed by atoms with van der Waals surface area (Å²) in [4.78, 5) is 69.4. The summed E-state index contributed by atoms with van der Waals surface area (Å²) in [6.07, 6.45) is 4.49. The summed E-state index contributed by atoms with van der Waals surface area (Å²) >= 11 is 1.40. The van der Waals surface area contributed by atoms with Crippen LogP contribution in [0.2, 0.25) is 0 Å². The molecular weight excluding hydrogens is 885 g/mol. The number of carbonyl (C=O) groups excluding carboxylic acids is 4. The molecule has 1 aromatic carbocycles. The number of carbonyl (C=O) groups is 4. The molecule has 1 aliphatic carbocycles. The zero-order valence-electron chi connectivity index (χ0n) is 40.3. The number of amides is 3. The van der Waals surface area contributed by atoms with Crippen LogP contribution in [0.5, 0.6) is 0 Å². The van der Waals surface area contributed by atoms with Gasteiger partial charge in [-0.2, -0.15) is 5.43 Å². The van der Waals surface area contributed by atoms with Crippen LogP contribution in [0.4, 0.5) is 0 Å². The molecule has 17 heteroatoms. The van der Waals surface area contributed by atoms with E-state index in [1.54, 1.807) is 18.2 Å². The Kier molecular flexibility index (Phi) is 13.1. The summed E-state index contributed by atoms with van der Waals surface area (Å²) in [6, 6.07) is 9.26. The van der Waals surface area contributed by atoms with Crippen LogP contribution in [0.25, 0.3) is 33.4 Å². The minimum absolute atomic E-state index is 0.0190. The van der Waals surface area contributed by atoms with Gasteiger partial charge in [-0.05, 0) is 95.5 Å². The van der Waals surface area contributed by atoms with Gasteiger partial charge in [-0.25, -0.2) is 9.78 Å². The Morgan fingerprint density at radius 3 is 2.60 bits per heavy atom. The summed E-state index contributed by atoms with van der Waals surface area (Å²) in [5, 5.41) is 19.7. The molecule has 0 unspecified atom stereocenters. The van der Waals surface area contributed by atoms with Crippen molar-refractivity contribution < 1.29 is 38.5 Å². The van der Waals surface area contributed by atoms with Gasteiger partial charge >= 0.3 is 5.97 Å². The molecule has 3 atom stereocenters. The average Bonchev–Trinajstić information content (AvgIpc) is 3.83. The van der Waals surface area contributed by atoms with Crippen molar-refractivity contribution in [1.82, 2.24) is 40.1 Å². The van der Waals surface area contributed by atoms with Crippen LogP contribution in [-0.2, 0) is 52.8 Å². The number of aromatic nitrogens is 3. The van der Waals surface area contributed by atoms with Gasteiger partial charge < -0.3 is 34.1 Å². The fraction of sp³-hybridized carbons (Fsp3) is 0.569. The quantitative estimate of drug-likeness (QED) is 0.143. The first-order valence-corrected chi connectivity index (χ1v) is 24.9. The Hall–Kier alpha value is -5.22. The molecule has 7 heterocycles. The zero-order valence-corrected chi connectivity index (χ0v) is 41.1. The number of hydrazine groups is 1. The van der Waals surface area contributed by atoms with Gasteiger partial charge in [0.05, 0.1) is 58.5 Å². The maximum Gasteiger partial charge on any atom is 0.355 e. The molecule has 68 heavy (non-hydrogen) atoms. The number of benzene rings is 1. The lowest BCUT2D eigenvalue weighted by atomic mass is 9.84. The first kappa shape index (κ1) is 47.8. The number of aliphatic hydroxyl groups is 1. The second-order valence-corrected chi connectivity index (χ2v) is 21.5. The Labute approximate surface area is 402 Å². The van der Waals surface area contributed by atoms with E-state index in [-0.39, 0.29) is 62.2 Å². The number of thiazole rings is 1. The van der Waals surface area contributed by atoms with Crippen molar-refractivity contribution in [1.29, 1.82) is 0 Å². The topological polar surface area (TPSA) is 181 Å². The van der Waals surface area contributed by atoms with E-state index < -0.39 is 34.5 Å². The van der Waals surface area contributed by atoms with Crippen LogP contribution in [0.3, 0.4) is 0 Å². The van der Waals surface area contributed by atoms with Crippen LogP contribution in [0, 0.1) is 22.7 Å². The van der Waals surface area contributed by atoms with Gasteiger partial charge in [0.25, 0.3) is 11.8 Å². The van der Waals surface area contributed by atoms with E-state index in [1.807, 2.05) is 46.1 Å². The number of fused-ring (bicyclic) bond motifs is 6. The summed E-state index contributed by atoms with van der Waals surface area (Å²) in [5.74, 6) is 4.01. The molecule has 4 aromatic rings. The third-order valence-corrected chi connectivity index (χ3v) is 15.3. The number of nitrogens with one attached hydrogen (secondary N) is 2. The lowest BCUT2D eigenvalue weighted by molar-refractivity contribution is -0.189. The van der Waals surface area contributed by atoms with Gasteiger partial charge in [0, 0.05) is 98.2 Å². The Balaban J connectivity index is 0.988. The lowest BCUT2D eigenvalue weighted by Gasteiger charge is -2.41. The van der Waals surface area contributed by atoms with Crippen LogP contribution >= 0.6 is 11.3 Å². The van der Waals surface area contributed by atoms with E-state index in [1.165, 1.54) is 16.3 Å². The molecule has 3 saturated heterocycles. The molecule has 9 rings (SSSR count). The second-order valence-electron chi connectivity index (χ2n) is 20.5. The van der Waals surface area contributed by atoms with Crippen LogP contribution in [-0.4, -0.2) is 135 Å². The molecule has 362 valence electrons. The molecule has 3 amide bonds. The fourth-order valence-corrected chi connectivity index (χ4v) is 10.6. The van der Waals surface area contributed by atoms with E-state index >= 15 is 0 Å². The highest BCUT2D eigenvalue weighted by Crippen LogP contribution is 2.47. The van der Waals surface area contributed by atoms with Crippen LogP contribution in [0.1, 0.15) is 96.0 Å². The highest BCUT2D eigenvalue weighted by molar-refractivity contribution is 7.10. The Morgan fingerprint density at radius 2 is 1.90 bits per heavy atom. The molecule has 1 saturated carbocycles. The smallest absolute Gasteiger partial charge is 0.355 e. The second kappa shape index (κ2) is 18.6. The molecule has 3 aromatic heterocycles. The lowest BCUT2D eigenvalue weighted by Crippen LogP contribution is -2.67. The number of cyclic esters (lactones) is 1. The largest absolute Gasteiger partial charge is 0.462 e. The molecule has 4 aliphatic heterocycles. The number of nitrogens with zero attached hydrogens (tertiary/aromatic N) is 6. The molecule has 5 aliphatic rings. The summed E-state index contributed by atoms with van der Waals surface area (Å²) in [6.45, 7) is 16.0. The Morgan fingerprint density at radius 1 is 1.12 bits per heavy atom. The third kappa shape index (κ3) is 9.43. The molecule has 6 bridgehead atoms. The van der Waals surface area contributed by atoms with Crippen molar-refractivity contribution in [2.24, 2.45) is 10.8 Å². The molecule has 0 spiro atoms. The summed E-state index contributed by atoms with van der Waals surface area (Å²) < 4.78 is 20.3. The maximum atomic E-state index is 14.6. The number of esters is 1. The Bertz CT molecular complexity index is 2670. The number of pyridine rings is 1. The predicted molar refractivity (Wildman–Crippen MR) is 257 cm³/mol. The van der Waals surface area contributed by atoms with Gasteiger partial charge in [-0.15, -0.1) is 11.3 Å². The number of ether oxygens (including phenoxy) is 3. The van der Waals surface area contributed by atoms with Crippen molar-refractivity contribution in [3.05, 3.63) is 58.2 Å². The predicted octanol–water partition coefficient (Wildman–Crippen LogP) is 5.02. The minimum Gasteiger partial charge on any atom is -0.462 e. The number of aryl methyl sites for hydroxylation is 1. The van der Waals surface area contributed by atoms with Gasteiger partial charge in [0.1, 0.15) is 6.04 Å². The monoisotopic (exact) mass is 948 g/mol. The average molecular weight is 949 g/mol.